The first-order chi connectivity index (χ1) is 11.1. The van der Waals surface area contributed by atoms with Crippen LogP contribution in [0.5, 0.6) is 5.75 Å². The van der Waals surface area contributed by atoms with Crippen molar-refractivity contribution in [1.82, 2.24) is 10.2 Å². The normalized spacial score (nSPS) is 11.9. The molecule has 1 aromatic heterocycles. The van der Waals surface area contributed by atoms with Crippen molar-refractivity contribution in [2.75, 3.05) is 17.7 Å². The van der Waals surface area contributed by atoms with E-state index in [1.54, 1.807) is 24.3 Å². The second-order valence-corrected chi connectivity index (χ2v) is 7.41. The molecular weight excluding hydrogens is 334 g/mol. The highest BCUT2D eigenvalue weighted by Gasteiger charge is 2.14. The van der Waals surface area contributed by atoms with Gasteiger partial charge in [-0.15, -0.1) is 10.2 Å². The lowest BCUT2D eigenvalue weighted by molar-refractivity contribution is 0.102. The van der Waals surface area contributed by atoms with Crippen molar-refractivity contribution in [2.45, 2.75) is 31.0 Å². The summed E-state index contributed by atoms with van der Waals surface area (Å²) in [5.41, 5.74) is 0.472. The Morgan fingerprint density at radius 3 is 2.91 bits per heavy atom. The summed E-state index contributed by atoms with van der Waals surface area (Å²) in [6.45, 7) is 4.46. The standard InChI is InChI=1S/C15H19N3O3S2/c1-3-5-9-23(20)15-18-17-14(22-15)16-13(19)11-7-6-8-12(10-11)21-4-2/h6-8,10H,3-5,9H2,1-2H3,(H,16,17,19)/t23-/m1/s1. The number of benzene rings is 1. The van der Waals surface area contributed by atoms with E-state index in [0.29, 0.717) is 33.1 Å². The highest BCUT2D eigenvalue weighted by atomic mass is 32.2. The lowest BCUT2D eigenvalue weighted by atomic mass is 10.2. The number of carbonyl (C=O) groups excluding carboxylic acids is 1. The molecule has 2 rings (SSSR count). The van der Waals surface area contributed by atoms with Crippen molar-refractivity contribution in [3.05, 3.63) is 29.8 Å². The Kier molecular flexibility index (Phi) is 6.66. The quantitative estimate of drug-likeness (QED) is 0.738. The summed E-state index contributed by atoms with van der Waals surface area (Å²) >= 11 is 1.14. The van der Waals surface area contributed by atoms with E-state index < -0.39 is 10.8 Å². The Bertz CT molecular complexity index is 688. The van der Waals surface area contributed by atoms with Gasteiger partial charge in [0.15, 0.2) is 0 Å². The summed E-state index contributed by atoms with van der Waals surface area (Å²) < 4.78 is 17.8. The zero-order chi connectivity index (χ0) is 16.7. The molecule has 1 atom stereocenters. The molecule has 124 valence electrons. The molecule has 0 saturated carbocycles. The molecule has 0 aliphatic carbocycles. The van der Waals surface area contributed by atoms with E-state index in [2.05, 4.69) is 15.5 Å². The molecule has 1 amide bonds. The van der Waals surface area contributed by atoms with E-state index in [9.17, 15) is 9.00 Å². The van der Waals surface area contributed by atoms with Gasteiger partial charge in [-0.25, -0.2) is 0 Å². The predicted molar refractivity (Wildman–Crippen MR) is 91.7 cm³/mol. The Balaban J connectivity index is 2.02. The van der Waals surface area contributed by atoms with Crippen LogP contribution in [-0.2, 0) is 10.8 Å². The molecule has 0 spiro atoms. The van der Waals surface area contributed by atoms with Gasteiger partial charge in [-0.2, -0.15) is 0 Å². The second kappa shape index (κ2) is 8.73. The number of amides is 1. The third-order valence-corrected chi connectivity index (χ3v) is 5.48. The van der Waals surface area contributed by atoms with Gasteiger partial charge in [0.1, 0.15) is 5.75 Å². The lowest BCUT2D eigenvalue weighted by Gasteiger charge is -2.05. The fraction of sp³-hybridized carbons (Fsp3) is 0.400. The van der Waals surface area contributed by atoms with Crippen LogP contribution in [0.4, 0.5) is 5.13 Å². The average Bonchev–Trinajstić information content (AvgIpc) is 3.01. The van der Waals surface area contributed by atoms with Gasteiger partial charge in [-0.05, 0) is 31.5 Å². The van der Waals surface area contributed by atoms with Crippen molar-refractivity contribution < 1.29 is 13.7 Å². The van der Waals surface area contributed by atoms with Crippen molar-refractivity contribution in [3.8, 4) is 5.75 Å². The van der Waals surface area contributed by atoms with E-state index in [0.717, 1.165) is 24.2 Å². The average molecular weight is 353 g/mol. The van der Waals surface area contributed by atoms with E-state index in [-0.39, 0.29) is 5.91 Å². The number of aromatic nitrogens is 2. The first-order valence-electron chi connectivity index (χ1n) is 7.40. The third-order valence-electron chi connectivity index (χ3n) is 2.91. The molecular formula is C15H19N3O3S2. The van der Waals surface area contributed by atoms with Crippen molar-refractivity contribution in [1.29, 1.82) is 0 Å². The summed E-state index contributed by atoms with van der Waals surface area (Å²) in [6, 6.07) is 6.91. The molecule has 8 heteroatoms. The molecule has 1 aromatic carbocycles. The second-order valence-electron chi connectivity index (χ2n) is 4.69. The first-order valence-corrected chi connectivity index (χ1v) is 9.53. The highest BCUT2D eigenvalue weighted by molar-refractivity contribution is 7.87. The van der Waals surface area contributed by atoms with Gasteiger partial charge in [0.05, 0.1) is 17.4 Å². The molecule has 0 unspecified atom stereocenters. The Hall–Kier alpha value is -1.80. The number of nitrogens with zero attached hydrogens (tertiary/aromatic N) is 2. The minimum Gasteiger partial charge on any atom is -0.494 e. The molecule has 0 aliphatic rings. The molecule has 1 heterocycles. The molecule has 0 saturated heterocycles. The molecule has 1 N–H and O–H groups in total. The van der Waals surface area contributed by atoms with Crippen LogP contribution in [-0.4, -0.2) is 32.7 Å². The zero-order valence-electron chi connectivity index (χ0n) is 13.1. The van der Waals surface area contributed by atoms with Crippen LogP contribution in [0.15, 0.2) is 28.6 Å². The van der Waals surface area contributed by atoms with E-state index in [4.69, 9.17) is 4.74 Å². The monoisotopic (exact) mass is 353 g/mol. The molecule has 6 nitrogen and oxygen atoms in total. The SMILES string of the molecule is CCCC[S@@](=O)c1nnc(NC(=O)c2cccc(OCC)c2)s1. The summed E-state index contributed by atoms with van der Waals surface area (Å²) in [4.78, 5) is 12.2. The van der Waals surface area contributed by atoms with Crippen molar-refractivity contribution in [2.24, 2.45) is 0 Å². The maximum Gasteiger partial charge on any atom is 0.257 e. The molecule has 2 aromatic rings. The molecule has 0 bridgehead atoms. The van der Waals surface area contributed by atoms with Gasteiger partial charge in [0.25, 0.3) is 5.91 Å². The lowest BCUT2D eigenvalue weighted by Crippen LogP contribution is -2.11. The third kappa shape index (κ3) is 5.11. The minimum absolute atomic E-state index is 0.298. The largest absolute Gasteiger partial charge is 0.494 e. The predicted octanol–water partition coefficient (Wildman–Crippen LogP) is 3.10. The van der Waals surface area contributed by atoms with E-state index in [1.807, 2.05) is 13.8 Å². The van der Waals surface area contributed by atoms with E-state index >= 15 is 0 Å². The fourth-order valence-electron chi connectivity index (χ4n) is 1.78. The smallest absolute Gasteiger partial charge is 0.257 e. The molecule has 0 fully saturated rings. The van der Waals surface area contributed by atoms with Crippen LogP contribution in [0.3, 0.4) is 0 Å². The number of anilines is 1. The molecule has 0 aliphatic heterocycles. The maximum atomic E-state index is 12.2. The van der Waals surface area contributed by atoms with Gasteiger partial charge in [0.2, 0.25) is 9.47 Å². The van der Waals surface area contributed by atoms with Gasteiger partial charge < -0.3 is 4.74 Å². The maximum absolute atomic E-state index is 12.2. The van der Waals surface area contributed by atoms with E-state index in [1.165, 1.54) is 0 Å². The number of hydrogen-bond acceptors (Lipinski definition) is 6. The summed E-state index contributed by atoms with van der Waals surface area (Å²) in [7, 11) is -1.15. The Morgan fingerprint density at radius 2 is 2.17 bits per heavy atom. The summed E-state index contributed by atoms with van der Waals surface area (Å²) in [5, 5.41) is 10.8. The first kappa shape index (κ1) is 17.6. The Labute approximate surface area is 141 Å². The topological polar surface area (TPSA) is 81.2 Å². The van der Waals surface area contributed by atoms with Gasteiger partial charge >= 0.3 is 0 Å². The van der Waals surface area contributed by atoms with Gasteiger partial charge in [0, 0.05) is 11.3 Å². The Morgan fingerprint density at radius 1 is 1.35 bits per heavy atom. The minimum atomic E-state index is -1.15. The van der Waals surface area contributed by atoms with Crippen LogP contribution in [0, 0.1) is 0 Å². The van der Waals surface area contributed by atoms with Crippen LogP contribution in [0.25, 0.3) is 0 Å². The fourth-order valence-corrected chi connectivity index (χ4v) is 3.97. The summed E-state index contributed by atoms with van der Waals surface area (Å²) in [5.74, 6) is 0.905. The molecule has 23 heavy (non-hydrogen) atoms. The van der Waals surface area contributed by atoms with Crippen LogP contribution in [0.1, 0.15) is 37.0 Å². The number of hydrogen-bond donors (Lipinski definition) is 1. The van der Waals surface area contributed by atoms with Gasteiger partial charge in [-0.1, -0.05) is 30.7 Å². The van der Waals surface area contributed by atoms with Crippen LogP contribution < -0.4 is 10.1 Å². The number of unbranched alkanes of at least 4 members (excludes halogenated alkanes) is 1. The summed E-state index contributed by atoms with van der Waals surface area (Å²) in [6.07, 6.45) is 1.85. The zero-order valence-corrected chi connectivity index (χ0v) is 14.7. The van der Waals surface area contributed by atoms with Crippen LogP contribution >= 0.6 is 11.3 Å². The highest BCUT2D eigenvalue weighted by Crippen LogP contribution is 2.21. The van der Waals surface area contributed by atoms with Crippen LogP contribution in [0.2, 0.25) is 0 Å². The number of ether oxygens (including phenoxy) is 1. The van der Waals surface area contributed by atoms with Crippen molar-refractivity contribution in [3.63, 3.8) is 0 Å². The van der Waals surface area contributed by atoms with Crippen molar-refractivity contribution >= 4 is 33.2 Å². The van der Waals surface area contributed by atoms with Gasteiger partial charge in [-0.3, -0.25) is 14.3 Å². The number of nitrogens with one attached hydrogen (secondary N) is 1. The number of rotatable bonds is 8. The number of carbonyl (C=O) groups is 1. The molecule has 0 radical (unpaired) electrons.